The topological polar surface area (TPSA) is 83.5 Å². The summed E-state index contributed by atoms with van der Waals surface area (Å²) in [5, 5.41) is 8.43. The van der Waals surface area contributed by atoms with Crippen LogP contribution in [0, 0.1) is 6.92 Å². The molecule has 0 saturated carbocycles. The van der Waals surface area contributed by atoms with Gasteiger partial charge in [-0.1, -0.05) is 29.8 Å². The number of aliphatic carboxylic acids is 1. The summed E-state index contributed by atoms with van der Waals surface area (Å²) in [6.45, 7) is 2.17. The van der Waals surface area contributed by atoms with Crippen molar-refractivity contribution >= 4 is 16.0 Å². The molecule has 5 nitrogen and oxygen atoms in total. The van der Waals surface area contributed by atoms with Gasteiger partial charge in [-0.15, -0.1) is 0 Å². The van der Waals surface area contributed by atoms with Crippen LogP contribution in [0.3, 0.4) is 0 Å². The number of hydrogen-bond acceptors (Lipinski definition) is 3. The minimum absolute atomic E-state index is 0.123. The van der Waals surface area contributed by atoms with E-state index < -0.39 is 16.0 Å². The molecule has 0 heterocycles. The molecule has 0 aliphatic rings. The highest BCUT2D eigenvalue weighted by Gasteiger charge is 2.10. The molecule has 1 aromatic rings. The molecule has 0 bridgehead atoms. The first-order valence-electron chi connectivity index (χ1n) is 5.64. The lowest BCUT2D eigenvalue weighted by Gasteiger charge is -2.06. The van der Waals surface area contributed by atoms with Gasteiger partial charge in [-0.2, -0.15) is 0 Å². The van der Waals surface area contributed by atoms with E-state index in [1.807, 2.05) is 31.2 Å². The maximum atomic E-state index is 11.6. The monoisotopic (exact) mass is 271 g/mol. The number of hydrogen-bond donors (Lipinski definition) is 2. The van der Waals surface area contributed by atoms with Gasteiger partial charge in [0.2, 0.25) is 10.0 Å². The van der Waals surface area contributed by atoms with Crippen LogP contribution in [-0.2, 0) is 21.4 Å². The fraction of sp³-hybridized carbons (Fsp3) is 0.417. The van der Waals surface area contributed by atoms with Crippen molar-refractivity contribution in [2.24, 2.45) is 0 Å². The quantitative estimate of drug-likeness (QED) is 0.782. The normalized spacial score (nSPS) is 11.4. The Hall–Kier alpha value is -1.40. The van der Waals surface area contributed by atoms with E-state index in [4.69, 9.17) is 5.11 Å². The van der Waals surface area contributed by atoms with E-state index in [-0.39, 0.29) is 25.1 Å². The second kappa shape index (κ2) is 6.51. The Morgan fingerprint density at radius 3 is 2.72 bits per heavy atom. The van der Waals surface area contributed by atoms with Crippen molar-refractivity contribution in [3.63, 3.8) is 0 Å². The molecule has 0 saturated heterocycles. The van der Waals surface area contributed by atoms with Crippen LogP contribution in [0.5, 0.6) is 0 Å². The molecule has 0 spiro atoms. The third-order valence-corrected chi connectivity index (χ3v) is 3.79. The van der Waals surface area contributed by atoms with Gasteiger partial charge in [-0.25, -0.2) is 13.1 Å². The minimum atomic E-state index is -3.40. The van der Waals surface area contributed by atoms with Crippen LogP contribution in [0.1, 0.15) is 24.0 Å². The van der Waals surface area contributed by atoms with Crippen molar-refractivity contribution in [2.75, 3.05) is 5.75 Å². The Morgan fingerprint density at radius 2 is 2.11 bits per heavy atom. The van der Waals surface area contributed by atoms with Crippen LogP contribution in [0.25, 0.3) is 0 Å². The number of rotatable bonds is 7. The molecule has 0 atom stereocenters. The summed E-state index contributed by atoms with van der Waals surface area (Å²) < 4.78 is 25.6. The van der Waals surface area contributed by atoms with E-state index in [2.05, 4.69) is 4.72 Å². The van der Waals surface area contributed by atoms with E-state index >= 15 is 0 Å². The SMILES string of the molecule is Cc1cccc(CNS(=O)(=O)CCCC(=O)O)c1. The second-order valence-corrected chi connectivity index (χ2v) is 6.05. The van der Waals surface area contributed by atoms with E-state index in [0.717, 1.165) is 11.1 Å². The molecule has 6 heteroatoms. The van der Waals surface area contributed by atoms with Crippen molar-refractivity contribution in [1.29, 1.82) is 0 Å². The maximum Gasteiger partial charge on any atom is 0.303 e. The van der Waals surface area contributed by atoms with Crippen LogP contribution in [0.4, 0.5) is 0 Å². The van der Waals surface area contributed by atoms with Crippen molar-refractivity contribution < 1.29 is 18.3 Å². The van der Waals surface area contributed by atoms with Crippen LogP contribution in [0.2, 0.25) is 0 Å². The summed E-state index contributed by atoms with van der Waals surface area (Å²) in [5.41, 5.74) is 1.95. The smallest absolute Gasteiger partial charge is 0.303 e. The van der Waals surface area contributed by atoms with Gasteiger partial charge in [0.25, 0.3) is 0 Å². The van der Waals surface area contributed by atoms with E-state index in [1.165, 1.54) is 0 Å². The lowest BCUT2D eigenvalue weighted by atomic mass is 10.1. The molecule has 18 heavy (non-hydrogen) atoms. The molecule has 0 unspecified atom stereocenters. The highest BCUT2D eigenvalue weighted by atomic mass is 32.2. The number of sulfonamides is 1. The molecule has 1 rings (SSSR count). The standard InChI is InChI=1S/C12H17NO4S/c1-10-4-2-5-11(8-10)9-13-18(16,17)7-3-6-12(14)15/h2,4-5,8,13H,3,6-7,9H2,1H3,(H,14,15). The molecule has 0 fully saturated rings. The number of carboxylic acids is 1. The zero-order chi connectivity index (χ0) is 13.6. The molecule has 0 amide bonds. The summed E-state index contributed by atoms with van der Waals surface area (Å²) in [4.78, 5) is 10.3. The van der Waals surface area contributed by atoms with Crippen molar-refractivity contribution in [3.8, 4) is 0 Å². The Balaban J connectivity index is 2.44. The largest absolute Gasteiger partial charge is 0.481 e. The maximum absolute atomic E-state index is 11.6. The molecule has 0 aliphatic carbocycles. The van der Waals surface area contributed by atoms with Crippen molar-refractivity contribution in [2.45, 2.75) is 26.3 Å². The lowest BCUT2D eigenvalue weighted by Crippen LogP contribution is -2.26. The van der Waals surface area contributed by atoms with Gasteiger partial charge in [-0.05, 0) is 18.9 Å². The van der Waals surface area contributed by atoms with E-state index in [1.54, 1.807) is 0 Å². The van der Waals surface area contributed by atoms with Gasteiger partial charge in [0.1, 0.15) is 0 Å². The molecular weight excluding hydrogens is 254 g/mol. The molecule has 2 N–H and O–H groups in total. The number of carboxylic acid groups (broad SMARTS) is 1. The molecule has 0 aliphatic heterocycles. The fourth-order valence-electron chi connectivity index (χ4n) is 1.50. The molecule has 100 valence electrons. The summed E-state index contributed by atoms with van der Waals surface area (Å²) in [6.07, 6.45) is -0.0101. The molecule has 0 aromatic heterocycles. The highest BCUT2D eigenvalue weighted by molar-refractivity contribution is 7.89. The number of carbonyl (C=O) groups is 1. The van der Waals surface area contributed by atoms with Gasteiger partial charge in [0.15, 0.2) is 0 Å². The van der Waals surface area contributed by atoms with Crippen molar-refractivity contribution in [1.82, 2.24) is 4.72 Å². The van der Waals surface area contributed by atoms with Crippen LogP contribution < -0.4 is 4.72 Å². The summed E-state index contributed by atoms with van der Waals surface area (Å²) in [5.74, 6) is -1.14. The Bertz CT molecular complexity index is 511. The van der Waals surface area contributed by atoms with Crippen molar-refractivity contribution in [3.05, 3.63) is 35.4 Å². The number of aryl methyl sites for hydroxylation is 1. The Kier molecular flexibility index (Phi) is 5.30. The average molecular weight is 271 g/mol. The zero-order valence-electron chi connectivity index (χ0n) is 10.2. The first-order valence-corrected chi connectivity index (χ1v) is 7.29. The summed E-state index contributed by atoms with van der Waals surface area (Å²) >= 11 is 0. The number of benzene rings is 1. The third kappa shape index (κ3) is 5.79. The first kappa shape index (κ1) is 14.7. The Morgan fingerprint density at radius 1 is 1.39 bits per heavy atom. The predicted molar refractivity (Wildman–Crippen MR) is 68.7 cm³/mol. The van der Waals surface area contributed by atoms with Crippen LogP contribution in [-0.4, -0.2) is 25.2 Å². The zero-order valence-corrected chi connectivity index (χ0v) is 11.0. The Labute approximate surface area is 107 Å². The first-order chi connectivity index (χ1) is 8.39. The number of nitrogens with one attached hydrogen (secondary N) is 1. The van der Waals surface area contributed by atoms with Gasteiger partial charge >= 0.3 is 5.97 Å². The minimum Gasteiger partial charge on any atom is -0.481 e. The van der Waals surface area contributed by atoms with Gasteiger partial charge in [0, 0.05) is 13.0 Å². The fourth-order valence-corrected chi connectivity index (χ4v) is 2.56. The van der Waals surface area contributed by atoms with Gasteiger partial charge < -0.3 is 5.11 Å². The molecular formula is C12H17NO4S. The lowest BCUT2D eigenvalue weighted by molar-refractivity contribution is -0.137. The van der Waals surface area contributed by atoms with E-state index in [0.29, 0.717) is 0 Å². The molecule has 1 aromatic carbocycles. The predicted octanol–water partition coefficient (Wildman–Crippen LogP) is 1.28. The van der Waals surface area contributed by atoms with Gasteiger partial charge in [-0.3, -0.25) is 4.79 Å². The summed E-state index contributed by atoms with van der Waals surface area (Å²) in [6, 6.07) is 7.54. The third-order valence-electron chi connectivity index (χ3n) is 2.38. The van der Waals surface area contributed by atoms with E-state index in [9.17, 15) is 13.2 Å². The summed E-state index contributed by atoms with van der Waals surface area (Å²) in [7, 11) is -3.40. The van der Waals surface area contributed by atoms with Gasteiger partial charge in [0.05, 0.1) is 5.75 Å². The second-order valence-electron chi connectivity index (χ2n) is 4.13. The highest BCUT2D eigenvalue weighted by Crippen LogP contribution is 2.04. The van der Waals surface area contributed by atoms with Crippen LogP contribution in [0.15, 0.2) is 24.3 Å². The molecule has 0 radical (unpaired) electrons. The van der Waals surface area contributed by atoms with Crippen LogP contribution >= 0.6 is 0 Å². The average Bonchev–Trinajstić information content (AvgIpc) is 2.26.